The van der Waals surface area contributed by atoms with Crippen LogP contribution >= 0.6 is 0 Å². The summed E-state index contributed by atoms with van der Waals surface area (Å²) in [4.78, 5) is 12.2. The quantitative estimate of drug-likeness (QED) is 0.0848. The van der Waals surface area contributed by atoms with E-state index < -0.39 is 12.1 Å². The second-order valence-corrected chi connectivity index (χ2v) is 11.2. The first kappa shape index (κ1) is 38.5. The van der Waals surface area contributed by atoms with Crippen LogP contribution in [0.3, 0.4) is 0 Å². The van der Waals surface area contributed by atoms with Crippen molar-refractivity contribution in [3.05, 3.63) is 0 Å². The molecule has 0 aliphatic rings. The molecule has 0 aromatic heterocycles. The fraction of sp³-hybridized carbons (Fsp3) is 0.970. The van der Waals surface area contributed by atoms with E-state index in [0.717, 1.165) is 25.7 Å². The molecule has 0 aliphatic heterocycles. The van der Waals surface area contributed by atoms with Gasteiger partial charge in [-0.2, -0.15) is 0 Å². The van der Waals surface area contributed by atoms with E-state index in [1.807, 2.05) is 0 Å². The number of unbranched alkanes of at least 4 members (excludes halogenated alkanes) is 22. The maximum absolute atomic E-state index is 12.2. The summed E-state index contributed by atoms with van der Waals surface area (Å²) in [7, 11) is 0. The van der Waals surface area contributed by atoms with Gasteiger partial charge >= 0.3 is 0 Å². The first-order valence-electron chi connectivity index (χ1n) is 16.2. The fourth-order valence-corrected chi connectivity index (χ4v) is 5.06. The molecule has 0 aromatic carbocycles. The highest BCUT2D eigenvalue weighted by Crippen LogP contribution is 2.15. The van der Waals surface area contributed by atoms with Crippen LogP contribution in [0.2, 0.25) is 0 Å². The Labute approximate surface area is 233 Å². The molecule has 0 bridgehead atoms. The molecule has 0 aliphatic carbocycles. The van der Waals surface area contributed by atoms with Crippen LogP contribution in [-0.4, -0.2) is 34.9 Å². The van der Waals surface area contributed by atoms with Crippen LogP contribution in [0.1, 0.15) is 188 Å². The monoisotopic (exact) mass is 528 g/mol. The maximum Gasteiger partial charge on any atom is 0.220 e. The van der Waals surface area contributed by atoms with E-state index in [9.17, 15) is 15.0 Å². The SMILES string of the molecule is C.CCCCCCCCCCCCCCCC(=O)N[C@@H](CO)[C@H](O)CCCCCCCCCCCCC. The van der Waals surface area contributed by atoms with Gasteiger partial charge in [0.2, 0.25) is 5.91 Å². The van der Waals surface area contributed by atoms with Crippen molar-refractivity contribution in [2.45, 2.75) is 200 Å². The molecule has 0 unspecified atom stereocenters. The molecule has 4 heteroatoms. The number of carbonyl (C=O) groups is 1. The average Bonchev–Trinajstić information content (AvgIpc) is 2.88. The van der Waals surface area contributed by atoms with Gasteiger partial charge in [0.15, 0.2) is 0 Å². The van der Waals surface area contributed by atoms with Crippen molar-refractivity contribution in [1.82, 2.24) is 5.32 Å². The number of carbonyl (C=O) groups excluding carboxylic acids is 1. The van der Waals surface area contributed by atoms with E-state index in [1.165, 1.54) is 128 Å². The van der Waals surface area contributed by atoms with Gasteiger partial charge in [0, 0.05) is 6.42 Å². The summed E-state index contributed by atoms with van der Waals surface area (Å²) in [5.74, 6) is -0.0323. The second-order valence-electron chi connectivity index (χ2n) is 11.2. The first-order chi connectivity index (χ1) is 17.7. The fourth-order valence-electron chi connectivity index (χ4n) is 5.06. The lowest BCUT2D eigenvalue weighted by Gasteiger charge is -2.22. The molecule has 0 saturated carbocycles. The number of aliphatic hydroxyl groups excluding tert-OH is 2. The van der Waals surface area contributed by atoms with Crippen LogP contribution in [-0.2, 0) is 4.79 Å². The van der Waals surface area contributed by atoms with Crippen molar-refractivity contribution in [2.24, 2.45) is 0 Å². The maximum atomic E-state index is 12.2. The zero-order valence-corrected chi connectivity index (χ0v) is 24.5. The molecule has 0 aromatic rings. The van der Waals surface area contributed by atoms with Crippen molar-refractivity contribution >= 4 is 5.91 Å². The third kappa shape index (κ3) is 28.2. The Bertz CT molecular complexity index is 443. The Morgan fingerprint density at radius 2 is 0.892 bits per heavy atom. The van der Waals surface area contributed by atoms with Crippen LogP contribution in [0, 0.1) is 0 Å². The van der Waals surface area contributed by atoms with Gasteiger partial charge in [0.1, 0.15) is 0 Å². The number of rotatable bonds is 29. The van der Waals surface area contributed by atoms with Crippen LogP contribution < -0.4 is 5.32 Å². The van der Waals surface area contributed by atoms with Crippen molar-refractivity contribution in [2.75, 3.05) is 6.61 Å². The number of aliphatic hydroxyl groups is 2. The van der Waals surface area contributed by atoms with Crippen LogP contribution in [0.15, 0.2) is 0 Å². The minimum atomic E-state index is -0.649. The molecule has 37 heavy (non-hydrogen) atoms. The summed E-state index contributed by atoms with van der Waals surface area (Å²) in [6.45, 7) is 4.34. The Morgan fingerprint density at radius 1 is 0.568 bits per heavy atom. The van der Waals surface area contributed by atoms with Crippen molar-refractivity contribution in [3.63, 3.8) is 0 Å². The minimum Gasteiger partial charge on any atom is -0.394 e. The molecule has 1 amide bonds. The number of hydrogen-bond donors (Lipinski definition) is 3. The Balaban J connectivity index is 0. The van der Waals surface area contributed by atoms with E-state index >= 15 is 0 Å². The van der Waals surface area contributed by atoms with E-state index in [-0.39, 0.29) is 19.9 Å². The molecule has 0 spiro atoms. The summed E-state index contributed by atoms with van der Waals surface area (Å²) >= 11 is 0. The molecule has 0 heterocycles. The van der Waals surface area contributed by atoms with Crippen LogP contribution in [0.4, 0.5) is 0 Å². The highest BCUT2D eigenvalue weighted by molar-refractivity contribution is 5.76. The minimum absolute atomic E-state index is 0. The standard InChI is InChI=1S/C32H65NO3.CH4/c1-3-5-7-9-11-13-15-16-18-20-22-24-26-28-32(36)33-30(29-34)31(35)27-25-23-21-19-17-14-12-10-8-6-4-2;/h30-31,34-35H,3-29H2,1-2H3,(H,33,36);1H4/t30-,31+;/m0./s1. The zero-order chi connectivity index (χ0) is 26.5. The smallest absolute Gasteiger partial charge is 0.220 e. The topological polar surface area (TPSA) is 69.6 Å². The van der Waals surface area contributed by atoms with E-state index in [1.54, 1.807) is 0 Å². The molecule has 0 rings (SSSR count). The molecular formula is C33H69NO3. The van der Waals surface area contributed by atoms with E-state index in [0.29, 0.717) is 12.8 Å². The molecule has 0 radical (unpaired) electrons. The third-order valence-corrected chi connectivity index (χ3v) is 7.62. The van der Waals surface area contributed by atoms with Crippen molar-refractivity contribution in [1.29, 1.82) is 0 Å². The molecule has 224 valence electrons. The van der Waals surface area contributed by atoms with Crippen molar-refractivity contribution < 1.29 is 15.0 Å². The van der Waals surface area contributed by atoms with Gasteiger partial charge in [-0.1, -0.05) is 169 Å². The Morgan fingerprint density at radius 3 is 1.24 bits per heavy atom. The van der Waals surface area contributed by atoms with Gasteiger partial charge in [-0.3, -0.25) is 4.79 Å². The summed E-state index contributed by atoms with van der Waals surface area (Å²) in [6, 6.07) is -0.525. The summed E-state index contributed by atoms with van der Waals surface area (Å²) < 4.78 is 0. The normalized spacial score (nSPS) is 12.8. The lowest BCUT2D eigenvalue weighted by Crippen LogP contribution is -2.45. The zero-order valence-electron chi connectivity index (χ0n) is 24.5. The Hall–Kier alpha value is -0.610. The molecule has 0 fully saturated rings. The second kappa shape index (κ2) is 31.6. The highest BCUT2D eigenvalue weighted by Gasteiger charge is 2.19. The largest absolute Gasteiger partial charge is 0.394 e. The molecule has 4 nitrogen and oxygen atoms in total. The summed E-state index contributed by atoms with van der Waals surface area (Å²) in [5.41, 5.74) is 0. The molecule has 0 saturated heterocycles. The van der Waals surface area contributed by atoms with Crippen molar-refractivity contribution in [3.8, 4) is 0 Å². The van der Waals surface area contributed by atoms with Gasteiger partial charge < -0.3 is 15.5 Å². The molecule has 2 atom stereocenters. The Kier molecular flexibility index (Phi) is 32.9. The van der Waals surface area contributed by atoms with Gasteiger partial charge in [-0.15, -0.1) is 0 Å². The summed E-state index contributed by atoms with van der Waals surface area (Å²) in [6.07, 6.45) is 31.4. The van der Waals surface area contributed by atoms with Gasteiger partial charge in [0.05, 0.1) is 18.8 Å². The van der Waals surface area contributed by atoms with Crippen LogP contribution in [0.25, 0.3) is 0 Å². The number of amides is 1. The number of hydrogen-bond acceptors (Lipinski definition) is 3. The third-order valence-electron chi connectivity index (χ3n) is 7.62. The van der Waals surface area contributed by atoms with Gasteiger partial charge in [-0.25, -0.2) is 0 Å². The first-order valence-corrected chi connectivity index (χ1v) is 16.2. The van der Waals surface area contributed by atoms with Gasteiger partial charge in [-0.05, 0) is 12.8 Å². The predicted molar refractivity (Wildman–Crippen MR) is 163 cm³/mol. The molecule has 3 N–H and O–H groups in total. The van der Waals surface area contributed by atoms with Crippen LogP contribution in [0.5, 0.6) is 0 Å². The lowest BCUT2D eigenvalue weighted by atomic mass is 10.0. The lowest BCUT2D eigenvalue weighted by molar-refractivity contribution is -0.123. The molecular weight excluding hydrogens is 458 g/mol. The highest BCUT2D eigenvalue weighted by atomic mass is 16.3. The van der Waals surface area contributed by atoms with E-state index in [2.05, 4.69) is 19.2 Å². The average molecular weight is 528 g/mol. The summed E-state index contributed by atoms with van der Waals surface area (Å²) in [5, 5.41) is 22.9. The van der Waals surface area contributed by atoms with Gasteiger partial charge in [0.25, 0.3) is 0 Å². The number of nitrogens with one attached hydrogen (secondary N) is 1. The predicted octanol–water partition coefficient (Wildman–Crippen LogP) is 9.64. The van der Waals surface area contributed by atoms with E-state index in [4.69, 9.17) is 0 Å².